The Bertz CT molecular complexity index is 361. The fourth-order valence-corrected chi connectivity index (χ4v) is 3.10. The normalized spacial score (nSPS) is 32.3. The third-order valence-electron chi connectivity index (χ3n) is 4.17. The van der Waals surface area contributed by atoms with Crippen molar-refractivity contribution in [2.24, 2.45) is 5.92 Å². The van der Waals surface area contributed by atoms with Crippen LogP contribution in [0.5, 0.6) is 0 Å². The predicted molar refractivity (Wildman–Crippen MR) is 71.0 cm³/mol. The number of amides is 2. The summed E-state index contributed by atoms with van der Waals surface area (Å²) in [6.45, 7) is 4.26. The summed E-state index contributed by atoms with van der Waals surface area (Å²) < 4.78 is 0. The monoisotopic (exact) mass is 269 g/mol. The molecule has 2 saturated heterocycles. The standard InChI is InChI=1S/C13H23N3O3/c1-9-4-3-6-16(11(9)12(17)18)13(19)14-10-5-7-15(2)8-10/h9-11H,3-8H2,1-2H3,(H,14,19)(H,17,18). The van der Waals surface area contributed by atoms with Crippen LogP contribution in [0.3, 0.4) is 0 Å². The van der Waals surface area contributed by atoms with Gasteiger partial charge >= 0.3 is 12.0 Å². The van der Waals surface area contributed by atoms with Crippen LogP contribution in [-0.2, 0) is 4.79 Å². The smallest absolute Gasteiger partial charge is 0.326 e. The number of hydrogen-bond acceptors (Lipinski definition) is 3. The summed E-state index contributed by atoms with van der Waals surface area (Å²) in [6.07, 6.45) is 2.68. The lowest BCUT2D eigenvalue weighted by atomic mass is 9.91. The van der Waals surface area contributed by atoms with E-state index in [1.807, 2.05) is 14.0 Å². The summed E-state index contributed by atoms with van der Waals surface area (Å²) in [5, 5.41) is 12.3. The Hall–Kier alpha value is -1.30. The zero-order valence-corrected chi connectivity index (χ0v) is 11.6. The zero-order valence-electron chi connectivity index (χ0n) is 11.6. The van der Waals surface area contributed by atoms with Crippen molar-refractivity contribution >= 4 is 12.0 Å². The Kier molecular flexibility index (Phi) is 4.29. The molecule has 2 rings (SSSR count). The first-order chi connectivity index (χ1) is 8.99. The molecule has 3 unspecified atom stereocenters. The number of nitrogens with zero attached hydrogens (tertiary/aromatic N) is 2. The molecule has 0 aromatic heterocycles. The molecule has 6 nitrogen and oxygen atoms in total. The molecular weight excluding hydrogens is 246 g/mol. The fraction of sp³-hybridized carbons (Fsp3) is 0.846. The van der Waals surface area contributed by atoms with Gasteiger partial charge < -0.3 is 20.2 Å². The molecule has 0 bridgehead atoms. The summed E-state index contributed by atoms with van der Waals surface area (Å²) in [7, 11) is 2.02. The van der Waals surface area contributed by atoms with Crippen molar-refractivity contribution < 1.29 is 14.7 Å². The van der Waals surface area contributed by atoms with Crippen molar-refractivity contribution in [3.8, 4) is 0 Å². The highest BCUT2D eigenvalue weighted by atomic mass is 16.4. The second-order valence-electron chi connectivity index (χ2n) is 5.79. The number of aliphatic carboxylic acids is 1. The maximum Gasteiger partial charge on any atom is 0.326 e. The van der Waals surface area contributed by atoms with Gasteiger partial charge in [0, 0.05) is 19.1 Å². The topological polar surface area (TPSA) is 72.9 Å². The molecule has 2 amide bonds. The van der Waals surface area contributed by atoms with Crippen molar-refractivity contribution in [1.29, 1.82) is 0 Å². The summed E-state index contributed by atoms with van der Waals surface area (Å²) in [5.74, 6) is -0.880. The molecule has 0 aromatic carbocycles. The average Bonchev–Trinajstić information content (AvgIpc) is 2.73. The quantitative estimate of drug-likeness (QED) is 0.769. The number of rotatable bonds is 2. The van der Waals surface area contributed by atoms with E-state index in [1.165, 1.54) is 4.90 Å². The van der Waals surface area contributed by atoms with Crippen molar-refractivity contribution in [3.63, 3.8) is 0 Å². The molecule has 2 aliphatic heterocycles. The van der Waals surface area contributed by atoms with E-state index in [4.69, 9.17) is 0 Å². The molecule has 0 aromatic rings. The fourth-order valence-electron chi connectivity index (χ4n) is 3.10. The molecule has 2 heterocycles. The molecule has 0 saturated carbocycles. The lowest BCUT2D eigenvalue weighted by molar-refractivity contribution is -0.145. The highest BCUT2D eigenvalue weighted by Crippen LogP contribution is 2.23. The number of carboxylic acid groups (broad SMARTS) is 1. The van der Waals surface area contributed by atoms with E-state index in [9.17, 15) is 14.7 Å². The summed E-state index contributed by atoms with van der Waals surface area (Å²) in [6, 6.07) is -0.767. The van der Waals surface area contributed by atoms with E-state index in [-0.39, 0.29) is 18.0 Å². The number of carbonyl (C=O) groups excluding carboxylic acids is 1. The van der Waals surface area contributed by atoms with Gasteiger partial charge in [-0.3, -0.25) is 0 Å². The second-order valence-corrected chi connectivity index (χ2v) is 5.79. The van der Waals surface area contributed by atoms with Gasteiger partial charge in [-0.25, -0.2) is 9.59 Å². The Balaban J connectivity index is 1.98. The number of piperidine rings is 1. The summed E-state index contributed by atoms with van der Waals surface area (Å²) in [5.41, 5.74) is 0. The Morgan fingerprint density at radius 2 is 2.00 bits per heavy atom. The molecule has 0 radical (unpaired) electrons. The molecule has 2 fully saturated rings. The molecule has 19 heavy (non-hydrogen) atoms. The van der Waals surface area contributed by atoms with E-state index in [0.717, 1.165) is 32.4 Å². The van der Waals surface area contributed by atoms with Crippen LogP contribution >= 0.6 is 0 Å². The van der Waals surface area contributed by atoms with Crippen LogP contribution in [0.4, 0.5) is 4.79 Å². The predicted octanol–water partition coefficient (Wildman–Crippen LogP) is 0.585. The molecule has 2 N–H and O–H groups in total. The zero-order chi connectivity index (χ0) is 14.0. The van der Waals surface area contributed by atoms with E-state index >= 15 is 0 Å². The van der Waals surface area contributed by atoms with E-state index in [2.05, 4.69) is 10.2 Å². The molecule has 3 atom stereocenters. The minimum atomic E-state index is -0.897. The van der Waals surface area contributed by atoms with Gasteiger partial charge in [0.25, 0.3) is 0 Å². The highest BCUT2D eigenvalue weighted by Gasteiger charge is 2.37. The van der Waals surface area contributed by atoms with Gasteiger partial charge in [0.2, 0.25) is 0 Å². The third kappa shape index (κ3) is 3.18. The number of carboxylic acids is 1. The van der Waals surface area contributed by atoms with Crippen LogP contribution < -0.4 is 5.32 Å². The molecule has 108 valence electrons. The maximum absolute atomic E-state index is 12.3. The van der Waals surface area contributed by atoms with Crippen LogP contribution in [-0.4, -0.2) is 65.7 Å². The Morgan fingerprint density at radius 1 is 1.26 bits per heavy atom. The van der Waals surface area contributed by atoms with Gasteiger partial charge in [-0.1, -0.05) is 6.92 Å². The van der Waals surface area contributed by atoms with Crippen LogP contribution in [0.1, 0.15) is 26.2 Å². The summed E-state index contributed by atoms with van der Waals surface area (Å²) >= 11 is 0. The molecule has 0 spiro atoms. The minimum Gasteiger partial charge on any atom is -0.480 e. The third-order valence-corrected chi connectivity index (χ3v) is 4.17. The first-order valence-electron chi connectivity index (χ1n) is 6.97. The van der Waals surface area contributed by atoms with Crippen molar-refractivity contribution in [1.82, 2.24) is 15.1 Å². The number of likely N-dealkylation sites (N-methyl/N-ethyl adjacent to an activating group) is 1. The van der Waals surface area contributed by atoms with Gasteiger partial charge in [0.15, 0.2) is 0 Å². The van der Waals surface area contributed by atoms with E-state index in [1.54, 1.807) is 0 Å². The molecular formula is C13H23N3O3. The average molecular weight is 269 g/mol. The van der Waals surface area contributed by atoms with Gasteiger partial charge in [0.1, 0.15) is 6.04 Å². The van der Waals surface area contributed by atoms with Gasteiger partial charge in [-0.05, 0) is 38.8 Å². The molecule has 2 aliphatic rings. The van der Waals surface area contributed by atoms with Crippen molar-refractivity contribution in [3.05, 3.63) is 0 Å². The van der Waals surface area contributed by atoms with Crippen LogP contribution in [0.25, 0.3) is 0 Å². The number of hydrogen-bond donors (Lipinski definition) is 2. The lowest BCUT2D eigenvalue weighted by Gasteiger charge is -2.37. The first kappa shape index (κ1) is 14.1. The number of urea groups is 1. The van der Waals surface area contributed by atoms with Gasteiger partial charge in [-0.2, -0.15) is 0 Å². The van der Waals surface area contributed by atoms with E-state index in [0.29, 0.717) is 6.54 Å². The van der Waals surface area contributed by atoms with Crippen LogP contribution in [0, 0.1) is 5.92 Å². The number of nitrogens with one attached hydrogen (secondary N) is 1. The summed E-state index contributed by atoms with van der Waals surface area (Å²) in [4.78, 5) is 27.3. The Morgan fingerprint density at radius 3 is 2.58 bits per heavy atom. The van der Waals surface area contributed by atoms with Crippen LogP contribution in [0.2, 0.25) is 0 Å². The lowest BCUT2D eigenvalue weighted by Crippen LogP contribution is -2.56. The van der Waals surface area contributed by atoms with Gasteiger partial charge in [0.05, 0.1) is 0 Å². The molecule has 6 heteroatoms. The number of likely N-dealkylation sites (tertiary alicyclic amines) is 2. The Labute approximate surface area is 113 Å². The van der Waals surface area contributed by atoms with Crippen LogP contribution in [0.15, 0.2) is 0 Å². The van der Waals surface area contributed by atoms with Gasteiger partial charge in [-0.15, -0.1) is 0 Å². The maximum atomic E-state index is 12.3. The van der Waals surface area contributed by atoms with E-state index < -0.39 is 12.0 Å². The molecule has 0 aliphatic carbocycles. The van der Waals surface area contributed by atoms with Crippen molar-refractivity contribution in [2.75, 3.05) is 26.7 Å². The minimum absolute atomic E-state index is 0.0169. The highest BCUT2D eigenvalue weighted by molar-refractivity contribution is 5.83. The number of carbonyl (C=O) groups is 2. The first-order valence-corrected chi connectivity index (χ1v) is 6.97. The van der Waals surface area contributed by atoms with Crippen molar-refractivity contribution in [2.45, 2.75) is 38.3 Å². The largest absolute Gasteiger partial charge is 0.480 e. The second kappa shape index (κ2) is 5.77. The SMILES string of the molecule is CC1CCCN(C(=O)NC2CCN(C)C2)C1C(=O)O.